The molecule has 7 heteroatoms. The second kappa shape index (κ2) is 6.56. The van der Waals surface area contributed by atoms with Crippen LogP contribution in [0.2, 0.25) is 0 Å². The number of para-hydroxylation sites is 1. The molecule has 0 aliphatic rings. The maximum atomic E-state index is 11.5. The van der Waals surface area contributed by atoms with Crippen molar-refractivity contribution >= 4 is 29.2 Å². The van der Waals surface area contributed by atoms with Crippen LogP contribution in [-0.2, 0) is 20.8 Å². The number of carbonyl (C=O) groups is 3. The van der Waals surface area contributed by atoms with E-state index in [4.69, 9.17) is 0 Å². The molecule has 2 rings (SSSR count). The number of carboxylic acid groups (broad SMARTS) is 1. The van der Waals surface area contributed by atoms with Gasteiger partial charge in [-0.2, -0.15) is 0 Å². The quantitative estimate of drug-likeness (QED) is 0.539. The Hall–Kier alpha value is -2.83. The lowest BCUT2D eigenvalue weighted by molar-refractivity contribution is -0.141. The highest BCUT2D eigenvalue weighted by Crippen LogP contribution is 2.19. The fraction of sp³-hybridized carbons (Fsp3) is 0.214. The van der Waals surface area contributed by atoms with Crippen LogP contribution in [0.25, 0.3) is 10.9 Å². The minimum absolute atomic E-state index is 0.159. The van der Waals surface area contributed by atoms with Gasteiger partial charge in [-0.25, -0.2) is 4.79 Å². The van der Waals surface area contributed by atoms with Crippen molar-refractivity contribution in [3.8, 4) is 0 Å². The number of nitrogens with one attached hydrogen (secondary N) is 3. The number of carbonyl (C=O) groups excluding carboxylic acids is 2. The summed E-state index contributed by atoms with van der Waals surface area (Å²) < 4.78 is 0. The Morgan fingerprint density at radius 2 is 2.10 bits per heavy atom. The van der Waals surface area contributed by atoms with E-state index in [1.54, 1.807) is 6.20 Å². The number of amides is 2. The molecule has 2 amide bonds. The van der Waals surface area contributed by atoms with Crippen molar-refractivity contribution in [2.45, 2.75) is 12.5 Å². The molecular weight excluding hydrogens is 274 g/mol. The van der Waals surface area contributed by atoms with E-state index in [2.05, 4.69) is 15.6 Å². The average Bonchev–Trinajstić information content (AvgIpc) is 2.87. The fourth-order valence-electron chi connectivity index (χ4n) is 2.10. The number of aromatic amines is 1. The highest BCUT2D eigenvalue weighted by molar-refractivity contribution is 5.87. The van der Waals surface area contributed by atoms with Crippen molar-refractivity contribution in [3.05, 3.63) is 36.0 Å². The van der Waals surface area contributed by atoms with Crippen LogP contribution < -0.4 is 10.6 Å². The molecule has 0 fully saturated rings. The first-order valence-electron chi connectivity index (χ1n) is 6.36. The Morgan fingerprint density at radius 1 is 1.33 bits per heavy atom. The first-order chi connectivity index (χ1) is 10.1. The van der Waals surface area contributed by atoms with Crippen LogP contribution in [0.1, 0.15) is 5.56 Å². The number of aromatic nitrogens is 1. The molecule has 0 spiro atoms. The molecule has 1 heterocycles. The monoisotopic (exact) mass is 289 g/mol. The largest absolute Gasteiger partial charge is 0.480 e. The van der Waals surface area contributed by atoms with E-state index in [9.17, 15) is 19.5 Å². The maximum absolute atomic E-state index is 11.5. The number of carboxylic acids is 1. The summed E-state index contributed by atoms with van der Waals surface area (Å²) in [7, 11) is 0. The van der Waals surface area contributed by atoms with E-state index in [1.807, 2.05) is 24.3 Å². The number of benzene rings is 1. The molecule has 1 atom stereocenters. The number of H-pyrrole nitrogens is 1. The Bertz CT molecular complexity index is 665. The van der Waals surface area contributed by atoms with E-state index in [0.29, 0.717) is 6.41 Å². The van der Waals surface area contributed by atoms with Crippen LogP contribution in [0.4, 0.5) is 0 Å². The molecule has 4 N–H and O–H groups in total. The molecule has 21 heavy (non-hydrogen) atoms. The SMILES string of the molecule is O=CNCC(=O)NC(Cc1c[nH]c2ccccc12)C(=O)O. The maximum Gasteiger partial charge on any atom is 0.326 e. The van der Waals surface area contributed by atoms with Crippen LogP contribution in [0, 0.1) is 0 Å². The third kappa shape index (κ3) is 3.59. The second-order valence-corrected chi connectivity index (χ2v) is 4.52. The summed E-state index contributed by atoms with van der Waals surface area (Å²) in [4.78, 5) is 35.9. The van der Waals surface area contributed by atoms with Crippen molar-refractivity contribution in [1.82, 2.24) is 15.6 Å². The minimum Gasteiger partial charge on any atom is -0.480 e. The van der Waals surface area contributed by atoms with Crippen molar-refractivity contribution in [1.29, 1.82) is 0 Å². The fourth-order valence-corrected chi connectivity index (χ4v) is 2.10. The first-order valence-corrected chi connectivity index (χ1v) is 6.36. The third-order valence-electron chi connectivity index (χ3n) is 3.08. The molecule has 110 valence electrons. The number of fused-ring (bicyclic) bond motifs is 1. The average molecular weight is 289 g/mol. The lowest BCUT2D eigenvalue weighted by Crippen LogP contribution is -2.45. The standard InChI is InChI=1S/C14H15N3O4/c18-8-15-7-13(19)17-12(14(20)21)5-9-6-16-11-4-2-1-3-10(9)11/h1-4,6,8,12,16H,5,7H2,(H,15,18)(H,17,19)(H,20,21). The summed E-state index contributed by atoms with van der Waals surface area (Å²) >= 11 is 0. The second-order valence-electron chi connectivity index (χ2n) is 4.52. The predicted molar refractivity (Wildman–Crippen MR) is 75.6 cm³/mol. The van der Waals surface area contributed by atoms with Crippen LogP contribution in [-0.4, -0.2) is 41.0 Å². The van der Waals surface area contributed by atoms with Gasteiger partial charge < -0.3 is 20.7 Å². The zero-order valence-electron chi connectivity index (χ0n) is 11.1. The Labute approximate surface area is 120 Å². The molecule has 0 aliphatic carbocycles. The highest BCUT2D eigenvalue weighted by atomic mass is 16.4. The molecule has 1 aromatic heterocycles. The zero-order valence-corrected chi connectivity index (χ0v) is 11.1. The lowest BCUT2D eigenvalue weighted by atomic mass is 10.1. The van der Waals surface area contributed by atoms with Gasteiger partial charge in [0.25, 0.3) is 0 Å². The molecule has 0 bridgehead atoms. The van der Waals surface area contributed by atoms with Crippen LogP contribution in [0.15, 0.2) is 30.5 Å². The molecule has 7 nitrogen and oxygen atoms in total. The van der Waals surface area contributed by atoms with Gasteiger partial charge in [0.15, 0.2) is 0 Å². The lowest BCUT2D eigenvalue weighted by Gasteiger charge is -2.14. The number of aliphatic carboxylic acids is 1. The van der Waals surface area contributed by atoms with Crippen molar-refractivity contribution in [2.75, 3.05) is 6.54 Å². The molecule has 0 saturated carbocycles. The highest BCUT2D eigenvalue weighted by Gasteiger charge is 2.21. The van der Waals surface area contributed by atoms with Gasteiger partial charge in [0, 0.05) is 23.5 Å². The smallest absolute Gasteiger partial charge is 0.326 e. The third-order valence-corrected chi connectivity index (χ3v) is 3.08. The van der Waals surface area contributed by atoms with Gasteiger partial charge in [0.2, 0.25) is 12.3 Å². The molecule has 0 aliphatic heterocycles. The van der Waals surface area contributed by atoms with Crippen LogP contribution in [0.5, 0.6) is 0 Å². The van der Waals surface area contributed by atoms with Crippen LogP contribution in [0.3, 0.4) is 0 Å². The Balaban J connectivity index is 2.11. The van der Waals surface area contributed by atoms with E-state index >= 15 is 0 Å². The first kappa shape index (κ1) is 14.6. The number of hydrogen-bond acceptors (Lipinski definition) is 3. The van der Waals surface area contributed by atoms with E-state index < -0.39 is 17.9 Å². The Morgan fingerprint density at radius 3 is 2.81 bits per heavy atom. The molecular formula is C14H15N3O4. The van der Waals surface area contributed by atoms with Crippen molar-refractivity contribution in [2.24, 2.45) is 0 Å². The van der Waals surface area contributed by atoms with Gasteiger partial charge in [0.1, 0.15) is 6.04 Å². The molecule has 1 aromatic carbocycles. The molecule has 2 aromatic rings. The van der Waals surface area contributed by atoms with Gasteiger partial charge >= 0.3 is 5.97 Å². The van der Waals surface area contributed by atoms with Gasteiger partial charge in [-0.3, -0.25) is 9.59 Å². The van der Waals surface area contributed by atoms with Crippen LogP contribution >= 0.6 is 0 Å². The number of hydrogen-bond donors (Lipinski definition) is 4. The minimum atomic E-state index is -1.13. The van der Waals surface area contributed by atoms with Gasteiger partial charge in [-0.05, 0) is 11.6 Å². The normalized spacial score (nSPS) is 11.8. The molecule has 1 unspecified atom stereocenters. The summed E-state index contributed by atoms with van der Waals surface area (Å²) in [6, 6.07) is 6.47. The Kier molecular flexibility index (Phi) is 4.55. The topological polar surface area (TPSA) is 111 Å². The summed E-state index contributed by atoms with van der Waals surface area (Å²) in [6.45, 7) is -0.249. The van der Waals surface area contributed by atoms with E-state index in [-0.39, 0.29) is 13.0 Å². The van der Waals surface area contributed by atoms with Gasteiger partial charge in [-0.1, -0.05) is 18.2 Å². The van der Waals surface area contributed by atoms with Crippen molar-refractivity contribution in [3.63, 3.8) is 0 Å². The van der Waals surface area contributed by atoms with E-state index in [0.717, 1.165) is 16.5 Å². The summed E-state index contributed by atoms with van der Waals surface area (Å²) in [5.74, 6) is -1.67. The zero-order chi connectivity index (χ0) is 15.2. The van der Waals surface area contributed by atoms with E-state index in [1.165, 1.54) is 0 Å². The summed E-state index contributed by atoms with van der Waals surface area (Å²) in [6.07, 6.45) is 2.28. The summed E-state index contributed by atoms with van der Waals surface area (Å²) in [5.41, 5.74) is 1.72. The van der Waals surface area contributed by atoms with Gasteiger partial charge in [0.05, 0.1) is 6.54 Å². The summed E-state index contributed by atoms with van der Waals surface area (Å²) in [5, 5.41) is 14.7. The van der Waals surface area contributed by atoms with Crippen molar-refractivity contribution < 1.29 is 19.5 Å². The predicted octanol–water partition coefficient (Wildman–Crippen LogP) is 0.0258. The molecule has 0 saturated heterocycles. The number of rotatable bonds is 7. The van der Waals surface area contributed by atoms with Gasteiger partial charge in [-0.15, -0.1) is 0 Å². The molecule has 0 radical (unpaired) electrons.